The van der Waals surface area contributed by atoms with Gasteiger partial charge < -0.3 is 4.90 Å². The number of aryl methyl sites for hydroxylation is 1. The first-order valence-corrected chi connectivity index (χ1v) is 5.45. The molecule has 0 atom stereocenters. The molecule has 1 aromatic heterocycles. The fourth-order valence-corrected chi connectivity index (χ4v) is 1.68. The zero-order valence-corrected chi connectivity index (χ0v) is 12.7. The Balaban J connectivity index is 0.00000144. The van der Waals surface area contributed by atoms with E-state index in [4.69, 9.17) is 0 Å². The Morgan fingerprint density at radius 1 is 1.35 bits per heavy atom. The van der Waals surface area contributed by atoms with Crippen molar-refractivity contribution < 1.29 is 20.1 Å². The van der Waals surface area contributed by atoms with Crippen LogP contribution in [0.3, 0.4) is 0 Å². The zero-order valence-electron chi connectivity index (χ0n) is 10.3. The van der Waals surface area contributed by atoms with Crippen LogP contribution in [0.1, 0.15) is 12.6 Å². The smallest absolute Gasteiger partial charge is 0.0858 e. The van der Waals surface area contributed by atoms with Crippen LogP contribution < -0.4 is 4.90 Å². The molecule has 2 rings (SSSR count). The predicted octanol–water partition coefficient (Wildman–Crippen LogP) is 2.30. The van der Waals surface area contributed by atoms with Crippen molar-refractivity contribution >= 4 is 5.69 Å². The van der Waals surface area contributed by atoms with Crippen molar-refractivity contribution in [1.82, 2.24) is 9.78 Å². The summed E-state index contributed by atoms with van der Waals surface area (Å²) in [6.45, 7) is 2.12. The molecular weight excluding hydrogens is 390 g/mol. The van der Waals surface area contributed by atoms with E-state index in [0.717, 1.165) is 17.8 Å². The maximum Gasteiger partial charge on any atom is 0.0858 e. The molecule has 0 bridgehead atoms. The van der Waals surface area contributed by atoms with Gasteiger partial charge in [0.05, 0.1) is 17.6 Å². The van der Waals surface area contributed by atoms with Gasteiger partial charge in [-0.1, -0.05) is 6.92 Å². The molecule has 0 fully saturated rings. The second-order valence-corrected chi connectivity index (χ2v) is 3.90. The largest absolute Gasteiger partial charge is 0.375 e. The first kappa shape index (κ1) is 13.9. The van der Waals surface area contributed by atoms with E-state index >= 15 is 0 Å². The van der Waals surface area contributed by atoms with Crippen LogP contribution in [0.4, 0.5) is 5.69 Å². The molecule has 2 aromatic rings. The average Bonchev–Trinajstić information content (AvgIpc) is 2.74. The maximum absolute atomic E-state index is 4.56. The van der Waals surface area contributed by atoms with Gasteiger partial charge in [0.15, 0.2) is 0 Å². The van der Waals surface area contributed by atoms with Crippen molar-refractivity contribution in [2.75, 3.05) is 19.0 Å². The number of anilines is 1. The molecule has 0 spiro atoms. The van der Waals surface area contributed by atoms with Crippen LogP contribution in [-0.2, 0) is 26.5 Å². The summed E-state index contributed by atoms with van der Waals surface area (Å²) in [7, 11) is 4.07. The minimum Gasteiger partial charge on any atom is -0.375 e. The first-order chi connectivity index (χ1) is 7.72. The fourth-order valence-electron chi connectivity index (χ4n) is 1.68. The third-order valence-corrected chi connectivity index (χ3v) is 2.52. The Bertz CT molecular complexity index is 463. The van der Waals surface area contributed by atoms with Crippen molar-refractivity contribution in [3.8, 4) is 5.69 Å². The maximum atomic E-state index is 4.56. The third kappa shape index (κ3) is 2.96. The van der Waals surface area contributed by atoms with E-state index in [1.54, 1.807) is 0 Å². The number of para-hydroxylation sites is 1. The molecule has 0 unspecified atom stereocenters. The number of benzene rings is 1. The molecule has 4 heteroatoms. The molecule has 0 saturated carbocycles. The summed E-state index contributed by atoms with van der Waals surface area (Å²) in [6, 6.07) is 11.0. The SMILES string of the molecule is CCc1nn(-c2[c-]cccc2)cc1N(C)C.[Ir]. The molecule has 0 aliphatic rings. The summed E-state index contributed by atoms with van der Waals surface area (Å²) in [5, 5.41) is 4.56. The Kier molecular flexibility index (Phi) is 4.91. The van der Waals surface area contributed by atoms with Crippen LogP contribution in [-0.4, -0.2) is 23.9 Å². The van der Waals surface area contributed by atoms with Gasteiger partial charge in [-0.25, -0.2) is 0 Å². The van der Waals surface area contributed by atoms with E-state index in [9.17, 15) is 0 Å². The zero-order chi connectivity index (χ0) is 11.5. The normalized spacial score (nSPS) is 9.82. The van der Waals surface area contributed by atoms with Gasteiger partial charge in [0, 0.05) is 34.2 Å². The minimum atomic E-state index is 0. The minimum absolute atomic E-state index is 0. The molecule has 1 heterocycles. The summed E-state index contributed by atoms with van der Waals surface area (Å²) in [4.78, 5) is 2.09. The fraction of sp³-hybridized carbons (Fsp3) is 0.308. The molecule has 1 aromatic carbocycles. The standard InChI is InChI=1S/C13H16N3.Ir/c1-4-12-13(15(2)3)10-16(14-12)11-8-6-5-7-9-11;/h5-8,10H,4H2,1-3H3;/q-1;. The number of nitrogens with zero attached hydrogens (tertiary/aromatic N) is 3. The summed E-state index contributed by atoms with van der Waals surface area (Å²) in [5.41, 5.74) is 3.26. The molecule has 0 aliphatic heterocycles. The molecule has 0 N–H and O–H groups in total. The predicted molar refractivity (Wildman–Crippen MR) is 66.1 cm³/mol. The van der Waals surface area contributed by atoms with Crippen molar-refractivity contribution in [2.45, 2.75) is 13.3 Å². The quantitative estimate of drug-likeness (QED) is 0.730. The van der Waals surface area contributed by atoms with Crippen LogP contribution in [0.25, 0.3) is 5.69 Å². The van der Waals surface area contributed by atoms with Gasteiger partial charge >= 0.3 is 0 Å². The third-order valence-electron chi connectivity index (χ3n) is 2.52. The van der Waals surface area contributed by atoms with Gasteiger partial charge in [-0.05, 0) is 12.1 Å². The van der Waals surface area contributed by atoms with Crippen LogP contribution >= 0.6 is 0 Å². The van der Waals surface area contributed by atoms with Crippen molar-refractivity contribution in [3.05, 3.63) is 42.2 Å². The number of aromatic nitrogens is 2. The van der Waals surface area contributed by atoms with Crippen LogP contribution in [0.5, 0.6) is 0 Å². The summed E-state index contributed by atoms with van der Waals surface area (Å²) in [5.74, 6) is 0. The molecule has 93 valence electrons. The van der Waals surface area contributed by atoms with Crippen LogP contribution in [0.2, 0.25) is 0 Å². The Morgan fingerprint density at radius 3 is 2.59 bits per heavy atom. The second kappa shape index (κ2) is 5.99. The van der Waals surface area contributed by atoms with Crippen LogP contribution in [0, 0.1) is 6.07 Å². The van der Waals surface area contributed by atoms with E-state index < -0.39 is 0 Å². The second-order valence-electron chi connectivity index (χ2n) is 3.90. The van der Waals surface area contributed by atoms with Gasteiger partial charge in [0.1, 0.15) is 0 Å². The average molecular weight is 407 g/mol. The molecular formula is C13H16IrN3-. The molecule has 3 nitrogen and oxygen atoms in total. The summed E-state index contributed by atoms with van der Waals surface area (Å²) in [6.07, 6.45) is 2.98. The molecule has 0 aliphatic carbocycles. The molecule has 1 radical (unpaired) electrons. The molecule has 0 amide bonds. The van der Waals surface area contributed by atoms with E-state index in [2.05, 4.69) is 23.0 Å². The van der Waals surface area contributed by atoms with E-state index in [1.807, 2.05) is 49.2 Å². The van der Waals surface area contributed by atoms with Crippen molar-refractivity contribution in [3.63, 3.8) is 0 Å². The van der Waals surface area contributed by atoms with E-state index in [1.165, 1.54) is 5.69 Å². The van der Waals surface area contributed by atoms with E-state index in [-0.39, 0.29) is 20.1 Å². The number of hydrogen-bond acceptors (Lipinski definition) is 2. The first-order valence-electron chi connectivity index (χ1n) is 5.45. The monoisotopic (exact) mass is 407 g/mol. The number of rotatable bonds is 3. The van der Waals surface area contributed by atoms with Gasteiger partial charge in [-0.3, -0.25) is 4.68 Å². The van der Waals surface area contributed by atoms with Gasteiger partial charge in [-0.15, -0.1) is 6.07 Å². The Labute approximate surface area is 116 Å². The van der Waals surface area contributed by atoms with E-state index in [0.29, 0.717) is 0 Å². The van der Waals surface area contributed by atoms with Crippen molar-refractivity contribution in [2.24, 2.45) is 0 Å². The Morgan fingerprint density at radius 2 is 2.12 bits per heavy atom. The summed E-state index contributed by atoms with van der Waals surface area (Å²) < 4.78 is 1.88. The van der Waals surface area contributed by atoms with Crippen molar-refractivity contribution in [1.29, 1.82) is 0 Å². The Hall–Kier alpha value is -1.12. The van der Waals surface area contributed by atoms with Gasteiger partial charge in [-0.2, -0.15) is 29.4 Å². The topological polar surface area (TPSA) is 21.1 Å². The van der Waals surface area contributed by atoms with Gasteiger partial charge in [0.25, 0.3) is 0 Å². The molecule has 17 heavy (non-hydrogen) atoms. The van der Waals surface area contributed by atoms with Crippen LogP contribution in [0.15, 0.2) is 30.5 Å². The number of hydrogen-bond donors (Lipinski definition) is 0. The molecule has 0 saturated heterocycles. The summed E-state index contributed by atoms with van der Waals surface area (Å²) >= 11 is 0. The van der Waals surface area contributed by atoms with Gasteiger partial charge in [0.2, 0.25) is 0 Å².